The minimum Gasteiger partial charge on any atom is -0.468 e. The van der Waals surface area contributed by atoms with Crippen LogP contribution < -0.4 is 5.32 Å². The van der Waals surface area contributed by atoms with Crippen molar-refractivity contribution in [1.29, 1.82) is 0 Å². The molecule has 0 saturated heterocycles. The van der Waals surface area contributed by atoms with Crippen LogP contribution in [-0.4, -0.2) is 34.9 Å². The number of likely N-dealkylation sites (N-methyl/N-ethyl adjacent to an activating group) is 1. The van der Waals surface area contributed by atoms with Crippen molar-refractivity contribution >= 4 is 17.6 Å². The zero-order valence-corrected chi connectivity index (χ0v) is 12.9. The number of nitrogens with zero attached hydrogens (tertiary/aromatic N) is 2. The Kier molecular flexibility index (Phi) is 5.38. The molecule has 0 saturated carbocycles. The zero-order valence-electron chi connectivity index (χ0n) is 12.2. The van der Waals surface area contributed by atoms with Crippen LogP contribution in [0.1, 0.15) is 38.9 Å². The Labute approximate surface area is 119 Å². The van der Waals surface area contributed by atoms with Gasteiger partial charge in [0.1, 0.15) is 5.54 Å². The van der Waals surface area contributed by atoms with Gasteiger partial charge in [-0.2, -0.15) is 5.10 Å². The summed E-state index contributed by atoms with van der Waals surface area (Å²) in [5.74, 6) is -0.267. The molecular weight excluding hydrogens is 266 g/mol. The maximum absolute atomic E-state index is 11.9. The van der Waals surface area contributed by atoms with Crippen LogP contribution in [0.25, 0.3) is 0 Å². The van der Waals surface area contributed by atoms with Crippen LogP contribution in [0.15, 0.2) is 6.20 Å². The molecule has 1 heterocycles. The molecule has 6 heteroatoms. The molecule has 1 N–H and O–H groups in total. The van der Waals surface area contributed by atoms with E-state index in [0.29, 0.717) is 18.0 Å². The van der Waals surface area contributed by atoms with Crippen LogP contribution in [0.4, 0.5) is 0 Å². The first-order chi connectivity index (χ1) is 8.84. The number of hydrogen-bond acceptors (Lipinski definition) is 4. The van der Waals surface area contributed by atoms with Gasteiger partial charge in [0.15, 0.2) is 0 Å². The highest BCUT2D eigenvalue weighted by Gasteiger charge is 2.35. The van der Waals surface area contributed by atoms with Gasteiger partial charge in [-0.05, 0) is 33.7 Å². The molecule has 0 aliphatic heterocycles. The third-order valence-electron chi connectivity index (χ3n) is 3.21. The molecule has 19 heavy (non-hydrogen) atoms. The van der Waals surface area contributed by atoms with E-state index >= 15 is 0 Å². The molecule has 0 bridgehead atoms. The number of esters is 1. The van der Waals surface area contributed by atoms with Gasteiger partial charge in [0.05, 0.1) is 23.9 Å². The fourth-order valence-electron chi connectivity index (χ4n) is 2.21. The molecule has 1 aromatic rings. The number of ether oxygens (including phenoxy) is 1. The van der Waals surface area contributed by atoms with Gasteiger partial charge >= 0.3 is 5.97 Å². The van der Waals surface area contributed by atoms with E-state index in [1.54, 1.807) is 10.9 Å². The van der Waals surface area contributed by atoms with E-state index in [1.807, 2.05) is 27.7 Å². The standard InChI is InChI=1S/C13H22ClN3O2/c1-6-15-13(4,12(18)19-5)7-9(2)17-8-11(14)10(3)16-17/h8-9,15H,6-7H2,1-5H3. The van der Waals surface area contributed by atoms with Gasteiger partial charge in [-0.1, -0.05) is 18.5 Å². The molecule has 0 aliphatic rings. The Hall–Kier alpha value is -1.07. The summed E-state index contributed by atoms with van der Waals surface area (Å²) in [4.78, 5) is 11.9. The lowest BCUT2D eigenvalue weighted by Gasteiger charge is -2.30. The number of aromatic nitrogens is 2. The lowest BCUT2D eigenvalue weighted by Crippen LogP contribution is -2.51. The molecule has 1 aromatic heterocycles. The van der Waals surface area contributed by atoms with Crippen LogP contribution in [0.2, 0.25) is 5.02 Å². The predicted octanol–water partition coefficient (Wildman–Crippen LogP) is 2.34. The van der Waals surface area contributed by atoms with E-state index in [9.17, 15) is 4.79 Å². The minimum absolute atomic E-state index is 0.0364. The van der Waals surface area contributed by atoms with Crippen LogP contribution in [0, 0.1) is 6.92 Å². The summed E-state index contributed by atoms with van der Waals surface area (Å²) < 4.78 is 6.66. The van der Waals surface area contributed by atoms with Gasteiger partial charge in [0, 0.05) is 6.20 Å². The molecule has 0 aromatic carbocycles. The highest BCUT2D eigenvalue weighted by Crippen LogP contribution is 2.24. The second-order valence-corrected chi connectivity index (χ2v) is 5.36. The van der Waals surface area contributed by atoms with Crippen molar-refractivity contribution in [3.63, 3.8) is 0 Å². The first-order valence-corrected chi connectivity index (χ1v) is 6.76. The van der Waals surface area contributed by atoms with Gasteiger partial charge in [0.25, 0.3) is 0 Å². The molecule has 5 nitrogen and oxygen atoms in total. The number of hydrogen-bond donors (Lipinski definition) is 1. The number of methoxy groups -OCH3 is 1. The van der Waals surface area contributed by atoms with Crippen LogP contribution >= 0.6 is 11.6 Å². The van der Waals surface area contributed by atoms with Gasteiger partial charge in [0.2, 0.25) is 0 Å². The smallest absolute Gasteiger partial charge is 0.325 e. The van der Waals surface area contributed by atoms with Gasteiger partial charge in [-0.25, -0.2) is 0 Å². The minimum atomic E-state index is -0.727. The quantitative estimate of drug-likeness (QED) is 0.816. The number of rotatable bonds is 6. The Morgan fingerprint density at radius 2 is 2.32 bits per heavy atom. The fourth-order valence-corrected chi connectivity index (χ4v) is 2.35. The van der Waals surface area contributed by atoms with Gasteiger partial charge < -0.3 is 10.1 Å². The Balaban J connectivity index is 2.87. The number of aryl methyl sites for hydroxylation is 1. The third-order valence-corrected chi connectivity index (χ3v) is 3.59. The van der Waals surface area contributed by atoms with Crippen molar-refractivity contribution in [2.45, 2.75) is 45.7 Å². The van der Waals surface area contributed by atoms with E-state index in [4.69, 9.17) is 16.3 Å². The maximum Gasteiger partial charge on any atom is 0.325 e. The topological polar surface area (TPSA) is 56.2 Å². The third kappa shape index (κ3) is 3.70. The van der Waals surface area contributed by atoms with Gasteiger partial charge in [-0.3, -0.25) is 9.48 Å². The van der Waals surface area contributed by atoms with E-state index < -0.39 is 5.54 Å². The van der Waals surface area contributed by atoms with Crippen molar-refractivity contribution in [1.82, 2.24) is 15.1 Å². The average molecular weight is 288 g/mol. The lowest BCUT2D eigenvalue weighted by molar-refractivity contribution is -0.148. The van der Waals surface area contributed by atoms with Gasteiger partial charge in [-0.15, -0.1) is 0 Å². The second-order valence-electron chi connectivity index (χ2n) is 4.95. The van der Waals surface area contributed by atoms with Crippen molar-refractivity contribution in [3.8, 4) is 0 Å². The van der Waals surface area contributed by atoms with E-state index in [1.165, 1.54) is 7.11 Å². The monoisotopic (exact) mass is 287 g/mol. The molecule has 108 valence electrons. The summed E-state index contributed by atoms with van der Waals surface area (Å²) in [7, 11) is 1.40. The highest BCUT2D eigenvalue weighted by molar-refractivity contribution is 6.31. The number of nitrogens with one attached hydrogen (secondary N) is 1. The first kappa shape index (κ1) is 16.0. The largest absolute Gasteiger partial charge is 0.468 e. The van der Waals surface area contributed by atoms with Crippen molar-refractivity contribution in [2.24, 2.45) is 0 Å². The lowest BCUT2D eigenvalue weighted by atomic mass is 9.93. The molecular formula is C13H22ClN3O2. The Morgan fingerprint density at radius 1 is 1.68 bits per heavy atom. The summed E-state index contributed by atoms with van der Waals surface area (Å²) in [5, 5.41) is 8.16. The second kappa shape index (κ2) is 6.39. The van der Waals surface area contributed by atoms with Crippen molar-refractivity contribution in [3.05, 3.63) is 16.9 Å². The van der Waals surface area contributed by atoms with Crippen molar-refractivity contribution < 1.29 is 9.53 Å². The van der Waals surface area contributed by atoms with Crippen LogP contribution in [0.3, 0.4) is 0 Å². The zero-order chi connectivity index (χ0) is 14.6. The summed E-state index contributed by atoms with van der Waals surface area (Å²) in [6.45, 7) is 8.35. The summed E-state index contributed by atoms with van der Waals surface area (Å²) >= 11 is 6.01. The molecule has 0 radical (unpaired) electrons. The van der Waals surface area contributed by atoms with E-state index in [0.717, 1.165) is 5.69 Å². The van der Waals surface area contributed by atoms with Crippen LogP contribution in [-0.2, 0) is 9.53 Å². The Morgan fingerprint density at radius 3 is 2.74 bits per heavy atom. The molecule has 0 fully saturated rings. The first-order valence-electron chi connectivity index (χ1n) is 6.38. The molecule has 2 unspecified atom stereocenters. The SMILES string of the molecule is CCNC(C)(CC(C)n1cc(Cl)c(C)n1)C(=O)OC. The Bertz CT molecular complexity index is 428. The summed E-state index contributed by atoms with van der Waals surface area (Å²) in [6.07, 6.45) is 2.36. The maximum atomic E-state index is 11.9. The predicted molar refractivity (Wildman–Crippen MR) is 75.4 cm³/mol. The fraction of sp³-hybridized carbons (Fsp3) is 0.692. The number of carbonyl (C=O) groups excluding carboxylic acids is 1. The van der Waals surface area contributed by atoms with Crippen LogP contribution in [0.5, 0.6) is 0 Å². The summed E-state index contributed by atoms with van der Waals surface area (Å²) in [6, 6.07) is 0.0364. The highest BCUT2D eigenvalue weighted by atomic mass is 35.5. The van der Waals surface area contributed by atoms with E-state index in [2.05, 4.69) is 10.4 Å². The molecule has 2 atom stereocenters. The van der Waals surface area contributed by atoms with E-state index in [-0.39, 0.29) is 12.0 Å². The normalized spacial score (nSPS) is 15.9. The molecule has 0 spiro atoms. The molecule has 0 aliphatic carbocycles. The molecule has 1 rings (SSSR count). The van der Waals surface area contributed by atoms with Crippen molar-refractivity contribution in [2.75, 3.05) is 13.7 Å². The summed E-state index contributed by atoms with van der Waals surface area (Å²) in [5.41, 5.74) is 0.0617. The molecule has 0 amide bonds. The average Bonchev–Trinajstić information content (AvgIpc) is 2.69. The number of carbonyl (C=O) groups is 1. The number of halogens is 1.